The number of aromatic nitrogens is 2. The fourth-order valence-electron chi connectivity index (χ4n) is 9.75. The van der Waals surface area contributed by atoms with Gasteiger partial charge in [-0.15, -0.1) is 0 Å². The molecule has 0 spiro atoms. The minimum absolute atomic E-state index is 0.0177. The Morgan fingerprint density at radius 1 is 0.412 bits per heavy atom. The maximum absolute atomic E-state index is 7.05. The Hall–Kier alpha value is -7.11. The van der Waals surface area contributed by atoms with Gasteiger partial charge in [0.25, 0.3) is 0 Å². The highest BCUT2D eigenvalue weighted by atomic mass is 16.5. The standard InChI is InChI=1S/C63H64N4O/c1-60(2,3)45-26-29-56-58(37-45)66(41-65(56)49-33-43(42-20-14-12-15-21-42)32-48(35-49)63(10,11)44-22-16-13-17-23-44)50-34-47(62(7,8)9)36-52(39-50)68-51-27-28-54-53-24-18-19-25-55(53)67(57(54)40-51)59-38-46(30-31-64-59)61(4,5)6/h12-40H,41H2,1-11H3. The zero-order chi connectivity index (χ0) is 47.8. The van der Waals surface area contributed by atoms with Gasteiger partial charge in [0.2, 0.25) is 0 Å². The molecule has 9 aromatic rings. The number of para-hydroxylation sites is 1. The summed E-state index contributed by atoms with van der Waals surface area (Å²) in [4.78, 5) is 9.92. The predicted octanol–water partition coefficient (Wildman–Crippen LogP) is 17.1. The summed E-state index contributed by atoms with van der Waals surface area (Å²) in [6, 6.07) is 62.2. The van der Waals surface area contributed by atoms with Crippen LogP contribution in [0.2, 0.25) is 0 Å². The Labute approximate surface area is 403 Å². The molecule has 0 aliphatic carbocycles. The van der Waals surface area contributed by atoms with Gasteiger partial charge in [-0.05, 0) is 122 Å². The van der Waals surface area contributed by atoms with Crippen LogP contribution in [0.1, 0.15) is 104 Å². The quantitative estimate of drug-likeness (QED) is 0.152. The van der Waals surface area contributed by atoms with Gasteiger partial charge in [0.15, 0.2) is 0 Å². The van der Waals surface area contributed by atoms with E-state index in [0.717, 1.165) is 45.1 Å². The van der Waals surface area contributed by atoms with Crippen LogP contribution in [-0.4, -0.2) is 16.2 Å². The van der Waals surface area contributed by atoms with Crippen LogP contribution >= 0.6 is 0 Å². The summed E-state index contributed by atoms with van der Waals surface area (Å²) >= 11 is 0. The minimum Gasteiger partial charge on any atom is -0.457 e. The Kier molecular flexibility index (Phi) is 10.9. The fraction of sp³-hybridized carbons (Fsp3) is 0.254. The summed E-state index contributed by atoms with van der Waals surface area (Å²) in [6.07, 6.45) is 1.93. The summed E-state index contributed by atoms with van der Waals surface area (Å²) < 4.78 is 9.33. The monoisotopic (exact) mass is 893 g/mol. The normalized spacial score (nSPS) is 13.4. The largest absolute Gasteiger partial charge is 0.457 e. The van der Waals surface area contributed by atoms with E-state index in [9.17, 15) is 0 Å². The molecule has 0 saturated heterocycles. The predicted molar refractivity (Wildman–Crippen MR) is 287 cm³/mol. The third-order valence-electron chi connectivity index (χ3n) is 14.1. The van der Waals surface area contributed by atoms with Gasteiger partial charge in [-0.2, -0.15) is 0 Å². The van der Waals surface area contributed by atoms with Crippen molar-refractivity contribution in [3.05, 3.63) is 204 Å². The van der Waals surface area contributed by atoms with Crippen LogP contribution in [0.25, 0.3) is 38.8 Å². The zero-order valence-electron chi connectivity index (χ0n) is 41.6. The highest BCUT2D eigenvalue weighted by Crippen LogP contribution is 2.49. The molecular formula is C63H64N4O. The zero-order valence-corrected chi connectivity index (χ0v) is 41.6. The van der Waals surface area contributed by atoms with Crippen LogP contribution in [0, 0.1) is 0 Å². The third kappa shape index (κ3) is 8.33. The second kappa shape index (κ2) is 16.6. The Balaban J connectivity index is 1.10. The molecule has 68 heavy (non-hydrogen) atoms. The maximum atomic E-state index is 7.05. The van der Waals surface area contributed by atoms with Crippen molar-refractivity contribution in [1.82, 2.24) is 9.55 Å². The number of nitrogens with zero attached hydrogens (tertiary/aromatic N) is 4. The molecule has 0 N–H and O–H groups in total. The van der Waals surface area contributed by atoms with Crippen molar-refractivity contribution in [2.24, 2.45) is 0 Å². The number of pyridine rings is 1. The van der Waals surface area contributed by atoms with Crippen LogP contribution in [-0.2, 0) is 21.7 Å². The van der Waals surface area contributed by atoms with E-state index in [1.165, 1.54) is 55.7 Å². The molecule has 0 fully saturated rings. The minimum atomic E-state index is -0.239. The highest BCUT2D eigenvalue weighted by Gasteiger charge is 2.33. The number of ether oxygens (including phenoxy) is 1. The first-order valence-corrected chi connectivity index (χ1v) is 24.1. The van der Waals surface area contributed by atoms with Crippen LogP contribution in [0.3, 0.4) is 0 Å². The van der Waals surface area contributed by atoms with Gasteiger partial charge in [0.1, 0.15) is 24.0 Å². The molecule has 0 unspecified atom stereocenters. The highest BCUT2D eigenvalue weighted by molar-refractivity contribution is 6.09. The van der Waals surface area contributed by atoms with Gasteiger partial charge in [-0.3, -0.25) is 4.57 Å². The SMILES string of the molecule is CC(C)(C)c1cc(Oc2ccc3c4ccccc4n(-c4cc(C(C)(C)C)ccn4)c3c2)cc(N2CN(c3cc(-c4ccccc4)cc(C(C)(C)c4ccccc4)c3)c3ccc(C(C)(C)C)cc32)c1. The van der Waals surface area contributed by atoms with Crippen molar-refractivity contribution in [3.63, 3.8) is 0 Å². The average Bonchev–Trinajstić information content (AvgIpc) is 3.87. The van der Waals surface area contributed by atoms with Gasteiger partial charge in [0.05, 0.1) is 22.4 Å². The van der Waals surface area contributed by atoms with Gasteiger partial charge in [-0.1, -0.05) is 167 Å². The van der Waals surface area contributed by atoms with E-state index in [1.807, 2.05) is 6.20 Å². The van der Waals surface area contributed by atoms with Crippen molar-refractivity contribution in [2.75, 3.05) is 16.5 Å². The van der Waals surface area contributed by atoms with Crippen molar-refractivity contribution in [2.45, 2.75) is 97.8 Å². The van der Waals surface area contributed by atoms with Crippen molar-refractivity contribution < 1.29 is 4.74 Å². The Morgan fingerprint density at radius 2 is 1.03 bits per heavy atom. The molecule has 0 amide bonds. The van der Waals surface area contributed by atoms with E-state index in [2.05, 4.69) is 260 Å². The van der Waals surface area contributed by atoms with E-state index in [4.69, 9.17) is 9.72 Å². The van der Waals surface area contributed by atoms with E-state index >= 15 is 0 Å². The lowest BCUT2D eigenvalue weighted by molar-refractivity contribution is 0.479. The molecule has 2 aromatic heterocycles. The van der Waals surface area contributed by atoms with Gasteiger partial charge in [-0.25, -0.2) is 4.98 Å². The van der Waals surface area contributed by atoms with Gasteiger partial charge in [0, 0.05) is 45.9 Å². The summed E-state index contributed by atoms with van der Waals surface area (Å²) in [6.45, 7) is 25.8. The number of fused-ring (bicyclic) bond motifs is 4. The number of hydrogen-bond donors (Lipinski definition) is 0. The molecule has 0 bridgehead atoms. The molecule has 1 aliphatic heterocycles. The molecule has 3 heterocycles. The molecule has 0 saturated carbocycles. The van der Waals surface area contributed by atoms with Crippen LogP contribution in [0.4, 0.5) is 22.7 Å². The first kappa shape index (κ1) is 44.7. The lowest BCUT2D eigenvalue weighted by Crippen LogP contribution is -2.25. The summed E-state index contributed by atoms with van der Waals surface area (Å²) in [5.41, 5.74) is 15.0. The summed E-state index contributed by atoms with van der Waals surface area (Å²) in [5.74, 6) is 2.47. The van der Waals surface area contributed by atoms with Crippen molar-refractivity contribution in [3.8, 4) is 28.4 Å². The van der Waals surface area contributed by atoms with Gasteiger partial charge >= 0.3 is 0 Å². The lowest BCUT2D eigenvalue weighted by atomic mass is 9.77. The molecule has 7 aromatic carbocycles. The molecule has 10 rings (SSSR count). The number of rotatable bonds is 8. The molecule has 5 heteroatoms. The summed E-state index contributed by atoms with van der Waals surface area (Å²) in [5, 5.41) is 2.35. The van der Waals surface area contributed by atoms with Crippen LogP contribution in [0.15, 0.2) is 176 Å². The average molecular weight is 893 g/mol. The maximum Gasteiger partial charge on any atom is 0.137 e. The second-order valence-electron chi connectivity index (χ2n) is 22.3. The lowest BCUT2D eigenvalue weighted by Gasteiger charge is -2.30. The molecule has 1 aliphatic rings. The van der Waals surface area contributed by atoms with Crippen LogP contribution < -0.4 is 14.5 Å². The first-order chi connectivity index (χ1) is 32.3. The topological polar surface area (TPSA) is 33.5 Å². The molecule has 342 valence electrons. The second-order valence-corrected chi connectivity index (χ2v) is 22.3. The van der Waals surface area contributed by atoms with E-state index in [1.54, 1.807) is 0 Å². The summed E-state index contributed by atoms with van der Waals surface area (Å²) in [7, 11) is 0. The first-order valence-electron chi connectivity index (χ1n) is 24.1. The molecule has 0 atom stereocenters. The van der Waals surface area contributed by atoms with E-state index < -0.39 is 0 Å². The third-order valence-corrected chi connectivity index (χ3v) is 14.1. The number of anilines is 4. The Morgan fingerprint density at radius 3 is 1.75 bits per heavy atom. The number of benzene rings is 7. The van der Waals surface area contributed by atoms with Crippen molar-refractivity contribution >= 4 is 44.6 Å². The molecule has 5 nitrogen and oxygen atoms in total. The van der Waals surface area contributed by atoms with Gasteiger partial charge < -0.3 is 14.5 Å². The van der Waals surface area contributed by atoms with Crippen molar-refractivity contribution in [1.29, 1.82) is 0 Å². The molecule has 0 radical (unpaired) electrons. The number of hydrogen-bond acceptors (Lipinski definition) is 4. The smallest absolute Gasteiger partial charge is 0.137 e. The van der Waals surface area contributed by atoms with E-state index in [-0.39, 0.29) is 21.7 Å². The Bertz CT molecular complexity index is 3320. The fourth-order valence-corrected chi connectivity index (χ4v) is 9.75. The van der Waals surface area contributed by atoms with E-state index in [0.29, 0.717) is 6.67 Å². The van der Waals surface area contributed by atoms with Crippen LogP contribution in [0.5, 0.6) is 11.5 Å². The molecular weight excluding hydrogens is 829 g/mol.